The second-order valence-corrected chi connectivity index (χ2v) is 19.0. The molecule has 0 fully saturated rings. The van der Waals surface area contributed by atoms with Crippen molar-refractivity contribution < 1.29 is 58.6 Å². The van der Waals surface area contributed by atoms with Gasteiger partial charge in [0, 0.05) is 50.6 Å². The summed E-state index contributed by atoms with van der Waals surface area (Å²) < 4.78 is 112. The van der Waals surface area contributed by atoms with Crippen LogP contribution in [0.5, 0.6) is 23.0 Å². The van der Waals surface area contributed by atoms with Crippen LogP contribution in [0.15, 0.2) is 167 Å². The molecule has 346 valence electrons. The number of azo groups is 3. The standard InChI is InChI=1S/C45H35N7O13S3/c1-24-43(68(61,62)63)20-26-19-28(10-13-31(26)45(24)65-3)46-27-9-12-30-25(18-27)8-15-37(44(30)54)50-51-38-23-41(64-2)39(22-40(38)53)52-48-35-17-16-34(32-14-11-29(21-33(32)35)66(55,56)57)47-49-36-6-4-5-7-42(36)67(58,59)60/h4-23,46,53-54H,1-3H3,(H,55,56,57)(H,58,59,60)(H,61,62,63). The lowest BCUT2D eigenvalue weighted by Gasteiger charge is -2.14. The molecule has 0 heterocycles. The zero-order valence-corrected chi connectivity index (χ0v) is 37.9. The molecular weight excluding hydrogens is 943 g/mol. The van der Waals surface area contributed by atoms with Crippen LogP contribution >= 0.6 is 0 Å². The van der Waals surface area contributed by atoms with Gasteiger partial charge in [-0.05, 0) is 103 Å². The van der Waals surface area contributed by atoms with Crippen LogP contribution in [0.1, 0.15) is 5.56 Å². The molecule has 0 aliphatic rings. The Kier molecular flexibility index (Phi) is 12.4. The van der Waals surface area contributed by atoms with Crippen molar-refractivity contribution in [2.45, 2.75) is 21.6 Å². The van der Waals surface area contributed by atoms with E-state index in [1.54, 1.807) is 49.4 Å². The topological polar surface area (TPSA) is 308 Å². The quantitative estimate of drug-likeness (QED) is 0.0462. The van der Waals surface area contributed by atoms with E-state index in [2.05, 4.69) is 36.0 Å². The largest absolute Gasteiger partial charge is 0.506 e. The Morgan fingerprint density at radius 1 is 0.471 bits per heavy atom. The van der Waals surface area contributed by atoms with Gasteiger partial charge >= 0.3 is 0 Å². The lowest BCUT2D eigenvalue weighted by molar-refractivity contribution is 0.413. The number of nitrogens with one attached hydrogen (secondary N) is 1. The predicted octanol–water partition coefficient (Wildman–Crippen LogP) is 11.6. The number of benzene rings is 8. The smallest absolute Gasteiger partial charge is 0.296 e. The number of phenols is 2. The molecule has 0 spiro atoms. The summed E-state index contributed by atoms with van der Waals surface area (Å²) in [5, 5.41) is 52.9. The van der Waals surface area contributed by atoms with Crippen molar-refractivity contribution in [3.05, 3.63) is 127 Å². The van der Waals surface area contributed by atoms with Crippen molar-refractivity contribution in [2.24, 2.45) is 30.7 Å². The fourth-order valence-corrected chi connectivity index (χ4v) is 9.15. The molecule has 0 saturated heterocycles. The molecule has 0 saturated carbocycles. The first kappa shape index (κ1) is 46.6. The van der Waals surface area contributed by atoms with E-state index >= 15 is 0 Å². The van der Waals surface area contributed by atoms with Gasteiger partial charge in [-0.3, -0.25) is 13.7 Å². The first-order valence-corrected chi connectivity index (χ1v) is 23.9. The van der Waals surface area contributed by atoms with Crippen LogP contribution in [-0.4, -0.2) is 63.3 Å². The number of methoxy groups -OCH3 is 2. The van der Waals surface area contributed by atoms with Crippen molar-refractivity contribution in [3.63, 3.8) is 0 Å². The third-order valence-corrected chi connectivity index (χ3v) is 13.2. The normalized spacial score (nSPS) is 12.6. The summed E-state index contributed by atoms with van der Waals surface area (Å²) in [7, 11) is -11.1. The van der Waals surface area contributed by atoms with E-state index in [4.69, 9.17) is 9.47 Å². The molecule has 0 bridgehead atoms. The van der Waals surface area contributed by atoms with Crippen molar-refractivity contribution in [1.82, 2.24) is 0 Å². The number of fused-ring (bicyclic) bond motifs is 3. The fraction of sp³-hybridized carbons (Fsp3) is 0.0667. The zero-order valence-electron chi connectivity index (χ0n) is 35.5. The number of phenolic OH excluding ortho intramolecular Hbond substituents is 2. The second-order valence-electron chi connectivity index (χ2n) is 14.8. The first-order chi connectivity index (χ1) is 32.2. The second kappa shape index (κ2) is 18.0. The van der Waals surface area contributed by atoms with E-state index in [1.165, 1.54) is 74.9 Å². The van der Waals surface area contributed by atoms with Gasteiger partial charge < -0.3 is 25.0 Å². The van der Waals surface area contributed by atoms with E-state index in [9.17, 15) is 49.1 Å². The van der Waals surface area contributed by atoms with Gasteiger partial charge in [0.15, 0.2) is 5.75 Å². The molecule has 0 radical (unpaired) electrons. The van der Waals surface area contributed by atoms with Gasteiger partial charge in [-0.2, -0.15) is 25.3 Å². The number of anilines is 2. The minimum absolute atomic E-state index is 0.00736. The Labute approximate surface area is 386 Å². The van der Waals surface area contributed by atoms with Crippen LogP contribution < -0.4 is 14.8 Å². The summed E-state index contributed by atoms with van der Waals surface area (Å²) >= 11 is 0. The molecule has 0 amide bonds. The molecule has 8 aromatic carbocycles. The van der Waals surface area contributed by atoms with E-state index < -0.39 is 45.9 Å². The van der Waals surface area contributed by atoms with Gasteiger partial charge in [0.1, 0.15) is 49.8 Å². The van der Waals surface area contributed by atoms with Crippen LogP contribution in [0.3, 0.4) is 0 Å². The van der Waals surface area contributed by atoms with Gasteiger partial charge in [-0.15, -0.1) is 30.7 Å². The number of ether oxygens (including phenoxy) is 2. The number of hydrogen-bond acceptors (Lipinski definition) is 17. The summed E-state index contributed by atoms with van der Waals surface area (Å²) in [6.45, 7) is 1.55. The number of rotatable bonds is 13. The van der Waals surface area contributed by atoms with E-state index in [1.807, 2.05) is 0 Å². The van der Waals surface area contributed by atoms with E-state index in [0.717, 1.165) is 18.2 Å². The molecule has 6 N–H and O–H groups in total. The van der Waals surface area contributed by atoms with Crippen LogP contribution in [0.4, 0.5) is 45.5 Å². The maximum atomic E-state index is 12.1. The highest BCUT2D eigenvalue weighted by atomic mass is 32.2. The molecule has 8 aromatic rings. The minimum Gasteiger partial charge on any atom is -0.506 e. The Morgan fingerprint density at radius 3 is 1.71 bits per heavy atom. The van der Waals surface area contributed by atoms with Gasteiger partial charge in [0.25, 0.3) is 30.4 Å². The molecule has 8 rings (SSSR count). The Balaban J connectivity index is 1.05. The molecule has 0 aliphatic heterocycles. The van der Waals surface area contributed by atoms with Gasteiger partial charge in [0.05, 0.1) is 30.5 Å². The maximum absolute atomic E-state index is 12.1. The monoisotopic (exact) mass is 977 g/mol. The zero-order chi connectivity index (χ0) is 48.7. The summed E-state index contributed by atoms with van der Waals surface area (Å²) in [6, 6.07) is 29.3. The van der Waals surface area contributed by atoms with Crippen LogP contribution in [0.25, 0.3) is 32.3 Å². The Bertz CT molecular complexity index is 3830. The lowest BCUT2D eigenvalue weighted by atomic mass is 10.0. The van der Waals surface area contributed by atoms with Crippen LogP contribution in [-0.2, 0) is 30.4 Å². The average Bonchev–Trinajstić information content (AvgIpc) is 3.29. The van der Waals surface area contributed by atoms with Crippen LogP contribution in [0, 0.1) is 6.92 Å². The molecule has 0 atom stereocenters. The number of nitrogens with zero attached hydrogens (tertiary/aromatic N) is 6. The number of aromatic hydroxyl groups is 2. The molecule has 0 unspecified atom stereocenters. The van der Waals surface area contributed by atoms with Gasteiger partial charge in [-0.25, -0.2) is 0 Å². The molecule has 20 nitrogen and oxygen atoms in total. The van der Waals surface area contributed by atoms with Crippen molar-refractivity contribution in [1.29, 1.82) is 0 Å². The highest BCUT2D eigenvalue weighted by Gasteiger charge is 2.21. The van der Waals surface area contributed by atoms with Gasteiger partial charge in [-0.1, -0.05) is 24.3 Å². The molecular formula is C45H35N7O13S3. The summed E-state index contributed by atoms with van der Waals surface area (Å²) in [4.78, 5) is -1.24. The first-order valence-electron chi connectivity index (χ1n) is 19.6. The van der Waals surface area contributed by atoms with Crippen molar-refractivity contribution in [3.8, 4) is 23.0 Å². The fourth-order valence-electron chi connectivity index (χ4n) is 7.27. The molecule has 68 heavy (non-hydrogen) atoms. The van der Waals surface area contributed by atoms with E-state index in [0.29, 0.717) is 38.7 Å². The van der Waals surface area contributed by atoms with Crippen molar-refractivity contribution >= 4 is 108 Å². The van der Waals surface area contributed by atoms with Crippen molar-refractivity contribution in [2.75, 3.05) is 19.5 Å². The highest BCUT2D eigenvalue weighted by Crippen LogP contribution is 2.44. The van der Waals surface area contributed by atoms with Crippen LogP contribution in [0.2, 0.25) is 0 Å². The van der Waals surface area contributed by atoms with E-state index in [-0.39, 0.29) is 66.9 Å². The molecule has 23 heteroatoms. The Morgan fingerprint density at radius 2 is 1.04 bits per heavy atom. The third-order valence-electron chi connectivity index (χ3n) is 10.5. The minimum atomic E-state index is -4.69. The highest BCUT2D eigenvalue weighted by molar-refractivity contribution is 7.86. The Hall–Kier alpha value is -7.93. The third kappa shape index (κ3) is 9.50. The molecule has 0 aromatic heterocycles. The summed E-state index contributed by atoms with van der Waals surface area (Å²) in [5.74, 6) is -0.221. The average molecular weight is 978 g/mol. The summed E-state index contributed by atoms with van der Waals surface area (Å²) in [6.07, 6.45) is 0. The van der Waals surface area contributed by atoms with Gasteiger partial charge in [0.2, 0.25) is 0 Å². The lowest BCUT2D eigenvalue weighted by Crippen LogP contribution is -2.03. The SMILES string of the molecule is COc1cc(N=Nc2ccc3cc(Nc4ccc5c(OC)c(C)c(S(=O)(=O)O)cc5c4)ccc3c2O)c(O)cc1N=Nc1ccc(N=Nc2ccccc2S(=O)(=O)O)c2ccc(S(=O)(=O)O)cc12. The molecule has 0 aliphatic carbocycles. The predicted molar refractivity (Wildman–Crippen MR) is 251 cm³/mol. The summed E-state index contributed by atoms with van der Waals surface area (Å²) in [5.41, 5.74) is 1.55. The number of hydrogen-bond donors (Lipinski definition) is 6. The maximum Gasteiger partial charge on any atom is 0.296 e.